The average Bonchev–Trinajstić information content (AvgIpc) is 2.04. The van der Waals surface area contributed by atoms with Gasteiger partial charge in [0.05, 0.1) is 12.0 Å². The van der Waals surface area contributed by atoms with Gasteiger partial charge in [-0.1, -0.05) is 21.0 Å². The van der Waals surface area contributed by atoms with E-state index in [1.807, 2.05) is 24.3 Å². The van der Waals surface area contributed by atoms with Gasteiger partial charge in [-0.15, -0.1) is 4.33 Å². The maximum absolute atomic E-state index is 7.83. The minimum atomic E-state index is 0.849. The van der Waals surface area contributed by atoms with Crippen molar-refractivity contribution in [3.8, 4) is 0 Å². The van der Waals surface area contributed by atoms with Crippen molar-refractivity contribution in [3.05, 3.63) is 28.7 Å². The van der Waals surface area contributed by atoms with E-state index in [-0.39, 0.29) is 0 Å². The van der Waals surface area contributed by atoms with Gasteiger partial charge in [0.2, 0.25) is 0 Å². The summed E-state index contributed by atoms with van der Waals surface area (Å²) in [6, 6.07) is 7.38. The molecule has 0 fully saturated rings. The molecule has 0 aromatic heterocycles. The molecule has 1 N–H and O–H groups in total. The first kappa shape index (κ1) is 9.02. The average molecular weight is 237 g/mol. The van der Waals surface area contributed by atoms with Crippen molar-refractivity contribution in [2.45, 2.75) is 4.90 Å². The predicted molar refractivity (Wildman–Crippen MR) is 44.8 cm³/mol. The molecule has 5 heteroatoms. The van der Waals surface area contributed by atoms with Crippen LogP contribution in [0.15, 0.2) is 33.6 Å². The summed E-state index contributed by atoms with van der Waals surface area (Å²) in [7, 11) is 0. The lowest BCUT2D eigenvalue weighted by molar-refractivity contribution is -0.432. The Morgan fingerprint density at radius 1 is 1.27 bits per heavy atom. The Labute approximate surface area is 76.5 Å². The van der Waals surface area contributed by atoms with E-state index in [0.717, 1.165) is 21.4 Å². The van der Waals surface area contributed by atoms with Gasteiger partial charge in [0, 0.05) is 9.37 Å². The Hall–Kier alpha value is -0.0700. The molecule has 0 heterocycles. The highest BCUT2D eigenvalue weighted by molar-refractivity contribution is 9.10. The molecule has 11 heavy (non-hydrogen) atoms. The molecule has 0 aliphatic carbocycles. The third kappa shape index (κ3) is 3.22. The summed E-state index contributed by atoms with van der Waals surface area (Å²) < 4.78 is 5.21. The van der Waals surface area contributed by atoms with Gasteiger partial charge in [0.25, 0.3) is 0 Å². The van der Waals surface area contributed by atoms with Crippen LogP contribution < -0.4 is 0 Å². The Kier molecular flexibility index (Phi) is 3.88. The first-order chi connectivity index (χ1) is 5.33. The van der Waals surface area contributed by atoms with Gasteiger partial charge >= 0.3 is 0 Å². The predicted octanol–water partition coefficient (Wildman–Crippen LogP) is 2.88. The molecule has 1 aromatic carbocycles. The van der Waals surface area contributed by atoms with Crippen LogP contribution in [0, 0.1) is 0 Å². The number of rotatable bonds is 3. The van der Waals surface area contributed by atoms with Gasteiger partial charge in [-0.25, -0.2) is 5.26 Å². The van der Waals surface area contributed by atoms with Crippen LogP contribution in [0.3, 0.4) is 0 Å². The molecule has 0 amide bonds. The summed E-state index contributed by atoms with van der Waals surface area (Å²) in [5, 5.41) is 11.3. The van der Waals surface area contributed by atoms with Crippen LogP contribution in [-0.2, 0) is 9.37 Å². The van der Waals surface area contributed by atoms with Crippen LogP contribution in [0.5, 0.6) is 0 Å². The lowest BCUT2D eigenvalue weighted by Gasteiger charge is -1.95. The van der Waals surface area contributed by atoms with Gasteiger partial charge in [-0.2, -0.15) is 0 Å². The van der Waals surface area contributed by atoms with E-state index in [9.17, 15) is 0 Å². The summed E-state index contributed by atoms with van der Waals surface area (Å²) in [6.07, 6.45) is 0. The molecule has 0 saturated carbocycles. The van der Waals surface area contributed by atoms with Crippen LogP contribution in [0.2, 0.25) is 0 Å². The third-order valence-electron chi connectivity index (χ3n) is 0.974. The lowest BCUT2D eigenvalue weighted by atomic mass is 10.4. The van der Waals surface area contributed by atoms with Crippen LogP contribution in [0.4, 0.5) is 0 Å². The molecule has 0 spiro atoms. The monoisotopic (exact) mass is 236 g/mol. The maximum Gasteiger partial charge on any atom is 0.0714 e. The minimum Gasteiger partial charge on any atom is -0.220 e. The molecule has 0 aliphatic heterocycles. The Morgan fingerprint density at radius 3 is 2.45 bits per heavy atom. The molecule has 1 rings (SSSR count). The topological polar surface area (TPSA) is 38.7 Å². The molecule has 0 radical (unpaired) electrons. The molecule has 0 aliphatic rings. The molecule has 0 unspecified atom stereocenters. The fourth-order valence-electron chi connectivity index (χ4n) is 0.545. The van der Waals surface area contributed by atoms with E-state index in [2.05, 4.69) is 25.3 Å². The second-order valence-corrected chi connectivity index (χ2v) is 3.37. The van der Waals surface area contributed by atoms with E-state index >= 15 is 0 Å². The largest absolute Gasteiger partial charge is 0.220 e. The molecule has 0 bridgehead atoms. The highest BCUT2D eigenvalue weighted by Crippen LogP contribution is 2.20. The molecule has 1 aromatic rings. The lowest BCUT2D eigenvalue weighted by Crippen LogP contribution is -1.77. The van der Waals surface area contributed by atoms with E-state index in [1.54, 1.807) is 0 Å². The van der Waals surface area contributed by atoms with Gasteiger partial charge in [-0.3, -0.25) is 0 Å². The van der Waals surface area contributed by atoms with Gasteiger partial charge < -0.3 is 0 Å². The van der Waals surface area contributed by atoms with E-state index in [0.29, 0.717) is 0 Å². The normalized spacial score (nSPS) is 10.0. The summed E-state index contributed by atoms with van der Waals surface area (Å²) in [6.45, 7) is 0. The van der Waals surface area contributed by atoms with Crippen molar-refractivity contribution in [2.24, 2.45) is 0 Å². The number of benzene rings is 1. The van der Waals surface area contributed by atoms with Crippen molar-refractivity contribution in [3.63, 3.8) is 0 Å². The zero-order valence-corrected chi connectivity index (χ0v) is 7.76. The van der Waals surface area contributed by atoms with Crippen molar-refractivity contribution >= 4 is 28.0 Å². The summed E-state index contributed by atoms with van der Waals surface area (Å²) in [4.78, 5) is 0.849. The highest BCUT2D eigenvalue weighted by atomic mass is 79.9. The molecule has 0 saturated heterocycles. The first-order valence-electron chi connectivity index (χ1n) is 2.73. The Bertz CT molecular complexity index is 214. The quantitative estimate of drug-likeness (QED) is 0.498. The summed E-state index contributed by atoms with van der Waals surface area (Å²) in [5.41, 5.74) is 0. The Morgan fingerprint density at radius 2 is 1.91 bits per heavy atom. The molecular formula is C6H5BrO3S. The van der Waals surface area contributed by atoms with Crippen LogP contribution in [-0.4, -0.2) is 5.26 Å². The molecular weight excluding hydrogens is 232 g/mol. The smallest absolute Gasteiger partial charge is 0.0714 e. The molecule has 60 valence electrons. The SMILES string of the molecule is OOOSc1ccc(Br)cc1. The van der Waals surface area contributed by atoms with E-state index in [1.165, 1.54) is 0 Å². The minimum absolute atomic E-state index is 0.849. The van der Waals surface area contributed by atoms with Crippen LogP contribution in [0.25, 0.3) is 0 Å². The standard InChI is InChI=1S/C6H5BrO3S/c7-5-1-3-6(4-2-5)11-10-9-8/h1-4,8H. The Balaban J connectivity index is 2.52. The van der Waals surface area contributed by atoms with Crippen molar-refractivity contribution in [1.29, 1.82) is 0 Å². The molecule has 3 nitrogen and oxygen atoms in total. The fourth-order valence-corrected chi connectivity index (χ4v) is 1.17. The summed E-state index contributed by atoms with van der Waals surface area (Å²) in [5.74, 6) is 0. The first-order valence-corrected chi connectivity index (χ1v) is 4.26. The van der Waals surface area contributed by atoms with Crippen molar-refractivity contribution in [2.75, 3.05) is 0 Å². The maximum atomic E-state index is 7.83. The van der Waals surface area contributed by atoms with Crippen molar-refractivity contribution < 1.29 is 14.6 Å². The third-order valence-corrected chi connectivity index (χ3v) is 2.10. The molecule has 0 atom stereocenters. The zero-order valence-electron chi connectivity index (χ0n) is 5.36. The van der Waals surface area contributed by atoms with Crippen molar-refractivity contribution in [1.82, 2.24) is 0 Å². The number of hydrogen-bond acceptors (Lipinski definition) is 4. The number of hydrogen-bond donors (Lipinski definition) is 1. The van der Waals surface area contributed by atoms with Gasteiger partial charge in [0.15, 0.2) is 0 Å². The second-order valence-electron chi connectivity index (χ2n) is 1.68. The van der Waals surface area contributed by atoms with E-state index in [4.69, 9.17) is 5.26 Å². The second kappa shape index (κ2) is 4.74. The zero-order chi connectivity index (χ0) is 8.10. The van der Waals surface area contributed by atoms with Crippen LogP contribution in [0.1, 0.15) is 0 Å². The van der Waals surface area contributed by atoms with Gasteiger partial charge in [-0.05, 0) is 24.3 Å². The highest BCUT2D eigenvalue weighted by Gasteiger charge is 1.93. The van der Waals surface area contributed by atoms with Crippen LogP contribution >= 0.6 is 28.0 Å². The fraction of sp³-hybridized carbons (Fsp3) is 0. The number of halogens is 1. The van der Waals surface area contributed by atoms with E-state index < -0.39 is 0 Å². The summed E-state index contributed by atoms with van der Waals surface area (Å²) >= 11 is 4.22. The van der Waals surface area contributed by atoms with Gasteiger partial charge in [0.1, 0.15) is 0 Å².